The summed E-state index contributed by atoms with van der Waals surface area (Å²) in [5.41, 5.74) is 2.91. The number of nitrogens with two attached hydrogens (primary N) is 1. The average molecular weight is 242 g/mol. The minimum atomic E-state index is 0.194. The molecular weight excluding hydrogens is 216 g/mol. The van der Waals surface area contributed by atoms with Crippen molar-refractivity contribution < 1.29 is 4.74 Å². The molecule has 2 atom stereocenters. The summed E-state index contributed by atoms with van der Waals surface area (Å²) in [7, 11) is 1.69. The fourth-order valence-corrected chi connectivity index (χ4v) is 2.34. The lowest BCUT2D eigenvalue weighted by atomic mass is 9.88. The third-order valence-corrected chi connectivity index (χ3v) is 3.42. The molecule has 2 unspecified atom stereocenters. The van der Waals surface area contributed by atoms with Gasteiger partial charge in [0.25, 0.3) is 0 Å². The van der Waals surface area contributed by atoms with Crippen molar-refractivity contribution in [2.24, 2.45) is 16.3 Å². The van der Waals surface area contributed by atoms with Gasteiger partial charge in [-0.3, -0.25) is 5.43 Å². The number of hydrogen-bond donors (Lipinski definition) is 3. The first-order valence-corrected chi connectivity index (χ1v) is 6.29. The number of rotatable bonds is 4. The third kappa shape index (κ3) is 4.16. The summed E-state index contributed by atoms with van der Waals surface area (Å²) < 4.78 is 5.07. The fraction of sp³-hybridized carbons (Fsp3) is 0.917. The van der Waals surface area contributed by atoms with E-state index >= 15 is 0 Å². The van der Waals surface area contributed by atoms with E-state index in [-0.39, 0.29) is 11.5 Å². The highest BCUT2D eigenvalue weighted by molar-refractivity contribution is 5.79. The lowest BCUT2D eigenvalue weighted by Gasteiger charge is -2.25. The molecule has 0 bridgehead atoms. The molecule has 0 aromatic carbocycles. The van der Waals surface area contributed by atoms with Gasteiger partial charge in [-0.15, -0.1) is 0 Å². The molecule has 1 aliphatic rings. The predicted molar refractivity (Wildman–Crippen MR) is 70.7 cm³/mol. The molecule has 1 rings (SSSR count). The Hall–Kier alpha value is -0.810. The number of ether oxygens (including phenoxy) is 1. The van der Waals surface area contributed by atoms with Gasteiger partial charge >= 0.3 is 0 Å². The van der Waals surface area contributed by atoms with Crippen LogP contribution in [0.2, 0.25) is 0 Å². The van der Waals surface area contributed by atoms with Crippen molar-refractivity contribution in [1.82, 2.24) is 10.7 Å². The first-order chi connectivity index (χ1) is 7.99. The van der Waals surface area contributed by atoms with Crippen LogP contribution in [0.3, 0.4) is 0 Å². The molecule has 100 valence electrons. The van der Waals surface area contributed by atoms with Crippen LogP contribution in [-0.4, -0.2) is 31.8 Å². The molecule has 4 N–H and O–H groups in total. The summed E-state index contributed by atoms with van der Waals surface area (Å²) >= 11 is 0. The number of methoxy groups -OCH3 is 1. The summed E-state index contributed by atoms with van der Waals surface area (Å²) in [5.74, 6) is 6.16. The van der Waals surface area contributed by atoms with E-state index in [0.717, 1.165) is 6.42 Å². The zero-order chi connectivity index (χ0) is 12.9. The van der Waals surface area contributed by atoms with Crippen LogP contribution in [0.25, 0.3) is 0 Å². The molecular formula is C12H26N4O. The number of guanidine groups is 1. The van der Waals surface area contributed by atoms with Gasteiger partial charge in [-0.25, -0.2) is 10.8 Å². The fourth-order valence-electron chi connectivity index (χ4n) is 2.34. The number of hydrogen-bond acceptors (Lipinski definition) is 3. The Bertz CT molecular complexity index is 265. The maximum absolute atomic E-state index is 5.50. The summed E-state index contributed by atoms with van der Waals surface area (Å²) in [4.78, 5) is 4.68. The summed E-state index contributed by atoms with van der Waals surface area (Å²) in [6.45, 7) is 7.20. The molecule has 1 aliphatic carbocycles. The molecule has 0 spiro atoms. The van der Waals surface area contributed by atoms with Gasteiger partial charge in [-0.1, -0.05) is 20.3 Å². The Morgan fingerprint density at radius 1 is 1.59 bits per heavy atom. The zero-order valence-electron chi connectivity index (χ0n) is 11.4. The Labute approximate surface area is 104 Å². The lowest BCUT2D eigenvalue weighted by Crippen LogP contribution is -2.47. The summed E-state index contributed by atoms with van der Waals surface area (Å²) in [6.07, 6.45) is 3.61. The van der Waals surface area contributed by atoms with Gasteiger partial charge in [0.1, 0.15) is 0 Å². The maximum atomic E-state index is 5.50. The van der Waals surface area contributed by atoms with Crippen LogP contribution in [0.4, 0.5) is 0 Å². The van der Waals surface area contributed by atoms with E-state index in [1.165, 1.54) is 12.8 Å². The molecule has 1 fully saturated rings. The normalized spacial score (nSPS) is 25.7. The van der Waals surface area contributed by atoms with Gasteiger partial charge in [0.05, 0.1) is 12.6 Å². The molecule has 1 saturated carbocycles. The van der Waals surface area contributed by atoms with Crippen LogP contribution in [0.15, 0.2) is 4.99 Å². The topological polar surface area (TPSA) is 71.7 Å². The highest BCUT2D eigenvalue weighted by atomic mass is 16.5. The summed E-state index contributed by atoms with van der Waals surface area (Å²) in [6, 6.07) is 0.537. The van der Waals surface area contributed by atoms with E-state index in [2.05, 4.69) is 29.6 Å². The molecule has 0 aliphatic heterocycles. The molecule has 0 amide bonds. The van der Waals surface area contributed by atoms with Crippen LogP contribution >= 0.6 is 0 Å². The van der Waals surface area contributed by atoms with Crippen molar-refractivity contribution in [2.75, 3.05) is 13.7 Å². The highest BCUT2D eigenvalue weighted by Crippen LogP contribution is 2.39. The molecule has 0 saturated heterocycles. The van der Waals surface area contributed by atoms with Gasteiger partial charge < -0.3 is 10.1 Å². The second-order valence-electron chi connectivity index (χ2n) is 5.52. The predicted octanol–water partition coefficient (Wildman–Crippen LogP) is 1.01. The van der Waals surface area contributed by atoms with Crippen molar-refractivity contribution in [3.63, 3.8) is 0 Å². The van der Waals surface area contributed by atoms with Gasteiger partial charge in [-0.2, -0.15) is 0 Å². The van der Waals surface area contributed by atoms with Gasteiger partial charge in [0.15, 0.2) is 0 Å². The molecule has 0 heterocycles. The van der Waals surface area contributed by atoms with Crippen LogP contribution in [0, 0.1) is 5.41 Å². The van der Waals surface area contributed by atoms with Crippen molar-refractivity contribution >= 4 is 5.96 Å². The van der Waals surface area contributed by atoms with E-state index < -0.39 is 0 Å². The summed E-state index contributed by atoms with van der Waals surface area (Å²) in [5, 5.41) is 3.22. The first kappa shape index (κ1) is 14.3. The van der Waals surface area contributed by atoms with E-state index in [0.29, 0.717) is 18.6 Å². The van der Waals surface area contributed by atoms with Crippen molar-refractivity contribution in [3.8, 4) is 0 Å². The molecule has 0 radical (unpaired) electrons. The van der Waals surface area contributed by atoms with Crippen LogP contribution in [-0.2, 0) is 4.74 Å². The Kier molecular flexibility index (Phi) is 5.21. The number of nitrogens with one attached hydrogen (secondary N) is 2. The van der Waals surface area contributed by atoms with Crippen LogP contribution in [0.1, 0.15) is 40.0 Å². The van der Waals surface area contributed by atoms with Gasteiger partial charge in [0, 0.05) is 13.2 Å². The molecule has 5 heteroatoms. The highest BCUT2D eigenvalue weighted by Gasteiger charge is 2.34. The number of hydrazine groups is 1. The maximum Gasteiger partial charge on any atom is 0.206 e. The van der Waals surface area contributed by atoms with Crippen molar-refractivity contribution in [1.29, 1.82) is 0 Å². The zero-order valence-corrected chi connectivity index (χ0v) is 11.4. The molecule has 0 aromatic rings. The number of nitrogens with zero attached hydrogens (tertiary/aromatic N) is 1. The van der Waals surface area contributed by atoms with E-state index in [4.69, 9.17) is 10.6 Å². The van der Waals surface area contributed by atoms with E-state index in [1.54, 1.807) is 7.11 Å². The largest absolute Gasteiger partial charge is 0.383 e. The quantitative estimate of drug-likeness (QED) is 0.298. The minimum Gasteiger partial charge on any atom is -0.383 e. The molecule has 0 aromatic heterocycles. The smallest absolute Gasteiger partial charge is 0.206 e. The molecule has 5 nitrogen and oxygen atoms in total. The van der Waals surface area contributed by atoms with Gasteiger partial charge in [-0.05, 0) is 25.2 Å². The number of aliphatic imine (C=N–C) groups is 1. The van der Waals surface area contributed by atoms with Gasteiger partial charge in [0.2, 0.25) is 5.96 Å². The standard InChI is InChI=1S/C12H26N4O/c1-9(8-17-4)14-11(16-13)15-10-6-5-7-12(10,2)3/h9-10H,5-8,13H2,1-4H3,(H2,14,15,16). The van der Waals surface area contributed by atoms with Crippen molar-refractivity contribution in [3.05, 3.63) is 0 Å². The van der Waals surface area contributed by atoms with Crippen molar-refractivity contribution in [2.45, 2.75) is 52.1 Å². The average Bonchev–Trinajstić information content (AvgIpc) is 2.57. The molecule has 17 heavy (non-hydrogen) atoms. The second-order valence-corrected chi connectivity index (χ2v) is 5.52. The van der Waals surface area contributed by atoms with Crippen LogP contribution < -0.4 is 16.6 Å². The lowest BCUT2D eigenvalue weighted by molar-refractivity contribution is 0.178. The van der Waals surface area contributed by atoms with E-state index in [9.17, 15) is 0 Å². The Morgan fingerprint density at radius 3 is 2.76 bits per heavy atom. The monoisotopic (exact) mass is 242 g/mol. The first-order valence-electron chi connectivity index (χ1n) is 6.29. The van der Waals surface area contributed by atoms with E-state index in [1.807, 2.05) is 6.92 Å². The minimum absolute atomic E-state index is 0.194. The third-order valence-electron chi connectivity index (χ3n) is 3.42. The SMILES string of the molecule is COCC(C)NC(=NC1CCCC1(C)C)NN. The Balaban J connectivity index is 2.60. The van der Waals surface area contributed by atoms with Crippen LogP contribution in [0.5, 0.6) is 0 Å². The second kappa shape index (κ2) is 6.21. The Morgan fingerprint density at radius 2 is 2.29 bits per heavy atom.